The SMILES string of the molecule is CC(C)CCOc1ccc(C=CC(=O)c2ccc([N+](=O)[O-])cc2)cc1. The first-order valence-corrected chi connectivity index (χ1v) is 8.15. The number of nitro groups is 1. The van der Waals surface area contributed by atoms with E-state index in [1.165, 1.54) is 30.3 Å². The van der Waals surface area contributed by atoms with Crippen molar-refractivity contribution in [2.75, 3.05) is 6.61 Å². The highest BCUT2D eigenvalue weighted by Gasteiger charge is 2.07. The monoisotopic (exact) mass is 339 g/mol. The zero-order valence-electron chi connectivity index (χ0n) is 14.3. The molecule has 0 aliphatic heterocycles. The molecule has 0 bridgehead atoms. The molecule has 130 valence electrons. The summed E-state index contributed by atoms with van der Waals surface area (Å²) in [6, 6.07) is 13.1. The minimum atomic E-state index is -0.491. The van der Waals surface area contributed by atoms with Crippen LogP contribution in [-0.2, 0) is 0 Å². The molecule has 0 atom stereocenters. The molecule has 25 heavy (non-hydrogen) atoms. The van der Waals surface area contributed by atoms with Crippen molar-refractivity contribution in [3.05, 3.63) is 75.8 Å². The third-order valence-electron chi connectivity index (χ3n) is 3.63. The molecule has 0 spiro atoms. The average Bonchev–Trinajstić information content (AvgIpc) is 2.60. The summed E-state index contributed by atoms with van der Waals surface area (Å²) in [5.41, 5.74) is 1.26. The maximum atomic E-state index is 12.1. The lowest BCUT2D eigenvalue weighted by molar-refractivity contribution is -0.384. The van der Waals surface area contributed by atoms with Gasteiger partial charge in [-0.05, 0) is 48.2 Å². The predicted octanol–water partition coefficient (Wildman–Crippen LogP) is 4.92. The summed E-state index contributed by atoms with van der Waals surface area (Å²) in [6.07, 6.45) is 4.17. The van der Waals surface area contributed by atoms with Crippen LogP contribution in [0, 0.1) is 16.0 Å². The molecule has 5 nitrogen and oxygen atoms in total. The van der Waals surface area contributed by atoms with Gasteiger partial charge in [0.1, 0.15) is 5.75 Å². The fourth-order valence-corrected chi connectivity index (χ4v) is 2.10. The van der Waals surface area contributed by atoms with E-state index in [0.29, 0.717) is 18.1 Å². The van der Waals surface area contributed by atoms with Gasteiger partial charge in [-0.3, -0.25) is 14.9 Å². The largest absolute Gasteiger partial charge is 0.494 e. The van der Waals surface area contributed by atoms with Crippen LogP contribution in [0.3, 0.4) is 0 Å². The molecule has 0 N–H and O–H groups in total. The number of hydrogen-bond donors (Lipinski definition) is 0. The van der Waals surface area contributed by atoms with E-state index < -0.39 is 4.92 Å². The second-order valence-corrected chi connectivity index (χ2v) is 6.10. The Morgan fingerprint density at radius 2 is 1.76 bits per heavy atom. The third kappa shape index (κ3) is 5.88. The Morgan fingerprint density at radius 1 is 1.12 bits per heavy atom. The van der Waals surface area contributed by atoms with Crippen LogP contribution in [0.1, 0.15) is 36.2 Å². The number of nitro benzene ring substituents is 1. The molecule has 2 aromatic rings. The summed E-state index contributed by atoms with van der Waals surface area (Å²) in [4.78, 5) is 22.2. The topological polar surface area (TPSA) is 69.4 Å². The number of ether oxygens (including phenoxy) is 1. The molecule has 0 aliphatic rings. The summed E-state index contributed by atoms with van der Waals surface area (Å²) in [5, 5.41) is 10.6. The molecule has 2 aromatic carbocycles. The van der Waals surface area contributed by atoms with Crippen LogP contribution in [0.5, 0.6) is 5.75 Å². The lowest BCUT2D eigenvalue weighted by Crippen LogP contribution is -2.01. The van der Waals surface area contributed by atoms with Crippen LogP contribution in [0.25, 0.3) is 6.08 Å². The van der Waals surface area contributed by atoms with Gasteiger partial charge in [-0.1, -0.05) is 32.1 Å². The highest BCUT2D eigenvalue weighted by Crippen LogP contribution is 2.16. The lowest BCUT2D eigenvalue weighted by Gasteiger charge is -2.08. The van der Waals surface area contributed by atoms with E-state index in [9.17, 15) is 14.9 Å². The van der Waals surface area contributed by atoms with E-state index in [-0.39, 0.29) is 11.5 Å². The van der Waals surface area contributed by atoms with E-state index in [2.05, 4.69) is 13.8 Å². The van der Waals surface area contributed by atoms with Gasteiger partial charge in [-0.15, -0.1) is 0 Å². The average molecular weight is 339 g/mol. The zero-order chi connectivity index (χ0) is 18.2. The Kier molecular flexibility index (Phi) is 6.46. The van der Waals surface area contributed by atoms with Crippen molar-refractivity contribution in [2.45, 2.75) is 20.3 Å². The molecule has 0 amide bonds. The van der Waals surface area contributed by atoms with E-state index in [1.54, 1.807) is 6.08 Å². The van der Waals surface area contributed by atoms with Gasteiger partial charge in [0.15, 0.2) is 5.78 Å². The second-order valence-electron chi connectivity index (χ2n) is 6.10. The van der Waals surface area contributed by atoms with Crippen LogP contribution >= 0.6 is 0 Å². The van der Waals surface area contributed by atoms with Crippen molar-refractivity contribution in [1.29, 1.82) is 0 Å². The van der Waals surface area contributed by atoms with E-state index >= 15 is 0 Å². The third-order valence-corrected chi connectivity index (χ3v) is 3.63. The Labute approximate surface area is 147 Å². The molecular formula is C20H21NO4. The highest BCUT2D eigenvalue weighted by atomic mass is 16.6. The minimum absolute atomic E-state index is 0.0337. The Balaban J connectivity index is 1.94. The molecule has 0 aliphatic carbocycles. The van der Waals surface area contributed by atoms with Gasteiger partial charge in [0.05, 0.1) is 11.5 Å². The number of nitrogens with zero attached hydrogens (tertiary/aromatic N) is 1. The molecule has 5 heteroatoms. The van der Waals surface area contributed by atoms with Gasteiger partial charge >= 0.3 is 0 Å². The molecule has 0 aromatic heterocycles. The van der Waals surface area contributed by atoms with E-state index in [1.807, 2.05) is 24.3 Å². The number of rotatable bonds is 8. The molecule has 0 radical (unpaired) electrons. The maximum Gasteiger partial charge on any atom is 0.269 e. The molecule has 0 fully saturated rings. The van der Waals surface area contributed by atoms with E-state index in [4.69, 9.17) is 4.74 Å². The first-order valence-electron chi connectivity index (χ1n) is 8.15. The van der Waals surface area contributed by atoms with Crippen molar-refractivity contribution in [1.82, 2.24) is 0 Å². The number of benzene rings is 2. The number of hydrogen-bond acceptors (Lipinski definition) is 4. The van der Waals surface area contributed by atoms with Crippen LogP contribution in [-0.4, -0.2) is 17.3 Å². The number of carbonyl (C=O) groups excluding carboxylic acids is 1. The van der Waals surface area contributed by atoms with Crippen molar-refractivity contribution in [3.63, 3.8) is 0 Å². The normalized spacial score (nSPS) is 11.0. The quantitative estimate of drug-likeness (QED) is 0.296. The summed E-state index contributed by atoms with van der Waals surface area (Å²) >= 11 is 0. The number of allylic oxidation sites excluding steroid dienone is 1. The molecule has 0 heterocycles. The van der Waals surface area contributed by atoms with E-state index in [0.717, 1.165) is 17.7 Å². The zero-order valence-corrected chi connectivity index (χ0v) is 14.3. The second kappa shape index (κ2) is 8.78. The summed E-state index contributed by atoms with van der Waals surface area (Å²) in [6.45, 7) is 4.99. The van der Waals surface area contributed by atoms with Gasteiger partial charge < -0.3 is 4.74 Å². The standard InChI is InChI=1S/C20H21NO4/c1-15(2)13-14-25-19-10-3-16(4-11-19)5-12-20(22)17-6-8-18(9-7-17)21(23)24/h3-12,15H,13-14H2,1-2H3. The number of ketones is 1. The van der Waals surface area contributed by atoms with Crippen LogP contribution in [0.4, 0.5) is 5.69 Å². The first-order chi connectivity index (χ1) is 12.0. The van der Waals surface area contributed by atoms with Crippen LogP contribution < -0.4 is 4.74 Å². The van der Waals surface area contributed by atoms with Crippen molar-refractivity contribution in [2.24, 2.45) is 5.92 Å². The smallest absolute Gasteiger partial charge is 0.269 e. The fourth-order valence-electron chi connectivity index (χ4n) is 2.10. The summed E-state index contributed by atoms with van der Waals surface area (Å²) in [7, 11) is 0. The Hall–Kier alpha value is -2.95. The van der Waals surface area contributed by atoms with Gasteiger partial charge in [-0.2, -0.15) is 0 Å². The molecule has 0 saturated heterocycles. The van der Waals surface area contributed by atoms with Crippen molar-refractivity contribution in [3.8, 4) is 5.75 Å². The summed E-state index contributed by atoms with van der Waals surface area (Å²) < 4.78 is 5.65. The molecular weight excluding hydrogens is 318 g/mol. The first kappa shape index (κ1) is 18.4. The fraction of sp³-hybridized carbons (Fsp3) is 0.250. The van der Waals surface area contributed by atoms with Gasteiger partial charge in [0.2, 0.25) is 0 Å². The minimum Gasteiger partial charge on any atom is -0.494 e. The van der Waals surface area contributed by atoms with Gasteiger partial charge in [-0.25, -0.2) is 0 Å². The maximum absolute atomic E-state index is 12.1. The molecule has 2 rings (SSSR count). The Bertz CT molecular complexity index is 746. The van der Waals surface area contributed by atoms with Crippen molar-refractivity contribution >= 4 is 17.5 Å². The van der Waals surface area contributed by atoms with Crippen LogP contribution in [0.2, 0.25) is 0 Å². The number of non-ortho nitro benzene ring substituents is 1. The van der Waals surface area contributed by atoms with Gasteiger partial charge in [0, 0.05) is 17.7 Å². The summed E-state index contributed by atoms with van der Waals surface area (Å²) in [5.74, 6) is 1.21. The van der Waals surface area contributed by atoms with Crippen LogP contribution in [0.15, 0.2) is 54.6 Å². The van der Waals surface area contributed by atoms with Gasteiger partial charge in [0.25, 0.3) is 5.69 Å². The van der Waals surface area contributed by atoms with Crippen molar-refractivity contribution < 1.29 is 14.5 Å². The lowest BCUT2D eigenvalue weighted by atomic mass is 10.1. The number of carbonyl (C=O) groups is 1. The predicted molar refractivity (Wildman–Crippen MR) is 97.9 cm³/mol. The molecule has 0 unspecified atom stereocenters. The Morgan fingerprint density at radius 3 is 2.32 bits per heavy atom. The molecule has 0 saturated carbocycles. The highest BCUT2D eigenvalue weighted by molar-refractivity contribution is 6.06.